The summed E-state index contributed by atoms with van der Waals surface area (Å²) in [6.45, 7) is 6.17. The second-order valence-corrected chi connectivity index (χ2v) is 11.4. The van der Waals surface area contributed by atoms with Crippen LogP contribution in [0.2, 0.25) is 0 Å². The minimum atomic E-state index is -0.745. The van der Waals surface area contributed by atoms with Crippen molar-refractivity contribution >= 4 is 18.2 Å². The van der Waals surface area contributed by atoms with Gasteiger partial charge in [0.1, 0.15) is 18.2 Å². The lowest BCUT2D eigenvalue weighted by Crippen LogP contribution is -2.49. The number of hydrogen-bond donors (Lipinski definition) is 4. The van der Waals surface area contributed by atoms with E-state index in [9.17, 15) is 28.3 Å². The smallest absolute Gasteiger partial charge is 0.248 e. The van der Waals surface area contributed by atoms with Gasteiger partial charge in [-0.3, -0.25) is 14.4 Å². The average Bonchev–Trinajstić information content (AvgIpc) is 3.37. The van der Waals surface area contributed by atoms with Crippen LogP contribution in [-0.2, 0) is 20.9 Å². The van der Waals surface area contributed by atoms with Gasteiger partial charge in [0.25, 0.3) is 0 Å². The van der Waals surface area contributed by atoms with Gasteiger partial charge in [0.15, 0.2) is 0 Å². The standard InChI is InChI=1S/C32H41F2N5O4/c1-32(2,3)30(39(29(42)20-40)15-12-27(35-4)31(43)37-14-13-36-21-41)28-16-23(25-17-24(33)10-11-26(25)34)19-38(28)18-22-8-6-5-7-9-22/h5-11,16-17,19,21,27,30,35,40H,12-15,18,20H2,1-4H3,(H,36,41)(H,37,43). The highest BCUT2D eigenvalue weighted by atomic mass is 19.1. The Bertz CT molecular complexity index is 1370. The number of nitrogens with zero attached hydrogens (tertiary/aromatic N) is 2. The second kappa shape index (κ2) is 15.4. The monoisotopic (exact) mass is 597 g/mol. The number of halogens is 2. The van der Waals surface area contributed by atoms with Gasteiger partial charge in [-0.25, -0.2) is 8.78 Å². The summed E-state index contributed by atoms with van der Waals surface area (Å²) in [6, 6.07) is 13.4. The SMILES string of the molecule is CNC(CCN(C(=O)CO)C(c1cc(-c2cc(F)ccc2F)cn1Cc1ccccc1)C(C)(C)C)C(=O)NCCNC=O. The average molecular weight is 598 g/mol. The molecule has 43 heavy (non-hydrogen) atoms. The largest absolute Gasteiger partial charge is 0.387 e. The number of aliphatic hydroxyl groups excluding tert-OH is 1. The molecular formula is C32H41F2N5O4. The molecule has 0 aliphatic rings. The van der Waals surface area contributed by atoms with Crippen LogP contribution in [0.25, 0.3) is 11.1 Å². The first-order chi connectivity index (χ1) is 20.5. The fourth-order valence-electron chi connectivity index (χ4n) is 5.22. The summed E-state index contributed by atoms with van der Waals surface area (Å²) in [4.78, 5) is 38.1. The Hall–Kier alpha value is -4.09. The van der Waals surface area contributed by atoms with Gasteiger partial charge in [0.2, 0.25) is 18.2 Å². The van der Waals surface area contributed by atoms with Crippen LogP contribution in [0.3, 0.4) is 0 Å². The van der Waals surface area contributed by atoms with Crippen molar-refractivity contribution in [2.24, 2.45) is 5.41 Å². The lowest BCUT2D eigenvalue weighted by Gasteiger charge is -2.41. The molecule has 0 bridgehead atoms. The number of benzene rings is 2. The van der Waals surface area contributed by atoms with Crippen LogP contribution in [-0.4, -0.2) is 72.1 Å². The highest BCUT2D eigenvalue weighted by Crippen LogP contribution is 2.41. The van der Waals surface area contributed by atoms with Crippen LogP contribution < -0.4 is 16.0 Å². The van der Waals surface area contributed by atoms with Crippen molar-refractivity contribution in [2.75, 3.05) is 33.3 Å². The molecule has 0 radical (unpaired) electrons. The third-order valence-corrected chi connectivity index (χ3v) is 7.21. The number of amides is 3. The van der Waals surface area contributed by atoms with Gasteiger partial charge in [0.05, 0.1) is 12.1 Å². The molecule has 4 N–H and O–H groups in total. The molecule has 11 heteroatoms. The van der Waals surface area contributed by atoms with E-state index in [1.165, 1.54) is 0 Å². The molecule has 0 aliphatic carbocycles. The first-order valence-corrected chi connectivity index (χ1v) is 14.2. The minimum Gasteiger partial charge on any atom is -0.387 e. The third-order valence-electron chi connectivity index (χ3n) is 7.21. The van der Waals surface area contributed by atoms with Crippen molar-refractivity contribution in [3.8, 4) is 11.1 Å². The number of aliphatic hydroxyl groups is 1. The van der Waals surface area contributed by atoms with Crippen molar-refractivity contribution < 1.29 is 28.3 Å². The molecule has 1 aromatic heterocycles. The summed E-state index contributed by atoms with van der Waals surface area (Å²) in [5.74, 6) is -1.98. The molecular weight excluding hydrogens is 556 g/mol. The molecule has 0 spiro atoms. The summed E-state index contributed by atoms with van der Waals surface area (Å²) < 4.78 is 31.0. The fourth-order valence-corrected chi connectivity index (χ4v) is 5.22. The van der Waals surface area contributed by atoms with E-state index < -0.39 is 41.6 Å². The summed E-state index contributed by atoms with van der Waals surface area (Å²) in [7, 11) is 1.64. The molecule has 2 atom stereocenters. The Morgan fingerprint density at radius 3 is 2.42 bits per heavy atom. The van der Waals surface area contributed by atoms with E-state index in [1.807, 2.05) is 55.7 Å². The van der Waals surface area contributed by atoms with Gasteiger partial charge in [-0.05, 0) is 48.7 Å². The number of hydrogen-bond acceptors (Lipinski definition) is 5. The maximum absolute atomic E-state index is 14.9. The summed E-state index contributed by atoms with van der Waals surface area (Å²) in [5.41, 5.74) is 1.60. The number of likely N-dealkylation sites (N-methyl/N-ethyl adjacent to an activating group) is 1. The first kappa shape index (κ1) is 33.4. The Balaban J connectivity index is 2.05. The number of rotatable bonds is 15. The molecule has 3 rings (SSSR count). The van der Waals surface area contributed by atoms with Crippen molar-refractivity contribution in [1.29, 1.82) is 0 Å². The zero-order valence-electron chi connectivity index (χ0n) is 25.1. The minimum absolute atomic E-state index is 0.0942. The Kier molecular flexibility index (Phi) is 12.0. The van der Waals surface area contributed by atoms with Crippen LogP contribution in [0.4, 0.5) is 8.78 Å². The molecule has 1 heterocycles. The quantitative estimate of drug-likeness (QED) is 0.159. The molecule has 3 aromatic rings. The third kappa shape index (κ3) is 8.95. The van der Waals surface area contributed by atoms with Crippen molar-refractivity contribution in [3.05, 3.63) is 83.7 Å². The Labute approximate surface area is 251 Å². The summed E-state index contributed by atoms with van der Waals surface area (Å²) >= 11 is 0. The highest BCUT2D eigenvalue weighted by Gasteiger charge is 2.37. The molecule has 0 aliphatic heterocycles. The van der Waals surface area contributed by atoms with E-state index in [0.717, 1.165) is 23.8 Å². The molecule has 232 valence electrons. The second-order valence-electron chi connectivity index (χ2n) is 11.4. The Morgan fingerprint density at radius 1 is 1.07 bits per heavy atom. The lowest BCUT2D eigenvalue weighted by molar-refractivity contribution is -0.140. The number of nitrogens with one attached hydrogen (secondary N) is 3. The zero-order valence-corrected chi connectivity index (χ0v) is 25.1. The fraction of sp³-hybridized carbons (Fsp3) is 0.406. The Morgan fingerprint density at radius 2 is 1.79 bits per heavy atom. The topological polar surface area (TPSA) is 116 Å². The number of aromatic nitrogens is 1. The van der Waals surface area contributed by atoms with Gasteiger partial charge in [-0.1, -0.05) is 51.1 Å². The van der Waals surface area contributed by atoms with E-state index in [-0.39, 0.29) is 37.5 Å². The van der Waals surface area contributed by atoms with Crippen molar-refractivity contribution in [2.45, 2.75) is 45.8 Å². The van der Waals surface area contributed by atoms with Crippen LogP contribution in [0.1, 0.15) is 44.5 Å². The van der Waals surface area contributed by atoms with Gasteiger partial charge in [-0.2, -0.15) is 0 Å². The number of carbonyl (C=O) groups excluding carboxylic acids is 3. The molecule has 3 amide bonds. The van der Waals surface area contributed by atoms with Crippen molar-refractivity contribution in [1.82, 2.24) is 25.4 Å². The number of carbonyl (C=O) groups is 3. The highest BCUT2D eigenvalue weighted by molar-refractivity contribution is 5.82. The van der Waals surface area contributed by atoms with Crippen molar-refractivity contribution in [3.63, 3.8) is 0 Å². The van der Waals surface area contributed by atoms with E-state index in [0.29, 0.717) is 24.2 Å². The summed E-state index contributed by atoms with van der Waals surface area (Å²) in [5, 5.41) is 18.2. The molecule has 9 nitrogen and oxygen atoms in total. The van der Waals surface area contributed by atoms with E-state index in [1.54, 1.807) is 24.2 Å². The van der Waals surface area contributed by atoms with Gasteiger partial charge >= 0.3 is 0 Å². The normalized spacial score (nSPS) is 12.8. The van der Waals surface area contributed by atoms with E-state index >= 15 is 0 Å². The zero-order chi connectivity index (χ0) is 31.6. The molecule has 2 aromatic carbocycles. The van der Waals surface area contributed by atoms with Gasteiger partial charge in [0, 0.05) is 49.2 Å². The molecule has 0 saturated carbocycles. The van der Waals surface area contributed by atoms with Crippen LogP contribution in [0, 0.1) is 17.0 Å². The van der Waals surface area contributed by atoms with Crippen LogP contribution >= 0.6 is 0 Å². The van der Waals surface area contributed by atoms with E-state index in [4.69, 9.17) is 0 Å². The van der Waals surface area contributed by atoms with Crippen LogP contribution in [0.5, 0.6) is 0 Å². The maximum atomic E-state index is 14.9. The molecule has 2 unspecified atom stereocenters. The lowest BCUT2D eigenvalue weighted by atomic mass is 9.82. The predicted octanol–water partition coefficient (Wildman–Crippen LogP) is 3.23. The predicted molar refractivity (Wildman–Crippen MR) is 161 cm³/mol. The molecule has 0 fully saturated rings. The summed E-state index contributed by atoms with van der Waals surface area (Å²) in [6.07, 6.45) is 2.53. The van der Waals surface area contributed by atoms with Gasteiger partial charge in [-0.15, -0.1) is 0 Å². The van der Waals surface area contributed by atoms with Crippen LogP contribution in [0.15, 0.2) is 60.8 Å². The van der Waals surface area contributed by atoms with E-state index in [2.05, 4.69) is 16.0 Å². The maximum Gasteiger partial charge on any atom is 0.248 e. The van der Waals surface area contributed by atoms with Gasteiger partial charge < -0.3 is 30.5 Å². The molecule has 0 saturated heterocycles. The first-order valence-electron chi connectivity index (χ1n) is 14.2.